The number of nitrogens with zero attached hydrogens (tertiary/aromatic N) is 1. The van der Waals surface area contributed by atoms with E-state index in [9.17, 15) is 0 Å². The molecule has 2 heteroatoms. The molecule has 0 aliphatic rings. The summed E-state index contributed by atoms with van der Waals surface area (Å²) in [6.07, 6.45) is 0. The van der Waals surface area contributed by atoms with Crippen molar-refractivity contribution in [2.45, 2.75) is 0 Å². The van der Waals surface area contributed by atoms with Crippen LogP contribution in [-0.2, 0) is 0 Å². The first kappa shape index (κ1) is 27.9. The highest BCUT2D eigenvalue weighted by Gasteiger charge is 2.22. The fourth-order valence-electron chi connectivity index (χ4n) is 6.91. The maximum absolute atomic E-state index is 6.73. The lowest BCUT2D eigenvalue weighted by Gasteiger charge is -2.27. The molecule has 0 amide bonds. The SMILES string of the molecule is c1ccc(-c2ccc(-c3cc(N(c4ccccc4)c4ccc(-c5ccccc5)cc4)c4c(c3)oc3ccc5ccccc5c34)cc2)cc1. The molecule has 0 unspecified atom stereocenters. The highest BCUT2D eigenvalue weighted by molar-refractivity contribution is 6.23. The van der Waals surface area contributed by atoms with Crippen LogP contribution in [0, 0.1) is 0 Å². The van der Waals surface area contributed by atoms with Gasteiger partial charge in [0.05, 0.1) is 11.1 Å². The van der Waals surface area contributed by atoms with Gasteiger partial charge in [-0.1, -0.05) is 146 Å². The molecule has 0 fully saturated rings. The lowest BCUT2D eigenvalue weighted by Crippen LogP contribution is -2.10. The van der Waals surface area contributed by atoms with Gasteiger partial charge in [-0.15, -0.1) is 0 Å². The van der Waals surface area contributed by atoms with Gasteiger partial charge in [0.1, 0.15) is 11.2 Å². The number of hydrogen-bond acceptors (Lipinski definition) is 2. The second-order valence-corrected chi connectivity index (χ2v) is 12.2. The topological polar surface area (TPSA) is 16.4 Å². The second-order valence-electron chi connectivity index (χ2n) is 12.2. The predicted molar refractivity (Wildman–Crippen MR) is 202 cm³/mol. The Morgan fingerprint density at radius 3 is 1.48 bits per heavy atom. The van der Waals surface area contributed by atoms with Crippen LogP contribution in [0.15, 0.2) is 192 Å². The number of furan rings is 1. The Labute approximate surface area is 279 Å². The number of rotatable bonds is 6. The Balaban J connectivity index is 1.30. The van der Waals surface area contributed by atoms with Crippen LogP contribution in [0.25, 0.3) is 66.1 Å². The van der Waals surface area contributed by atoms with E-state index in [1.165, 1.54) is 33.0 Å². The molecule has 48 heavy (non-hydrogen) atoms. The van der Waals surface area contributed by atoms with Crippen molar-refractivity contribution in [3.8, 4) is 33.4 Å². The monoisotopic (exact) mass is 613 g/mol. The van der Waals surface area contributed by atoms with Gasteiger partial charge in [-0.05, 0) is 86.6 Å². The van der Waals surface area contributed by atoms with Crippen molar-refractivity contribution in [1.82, 2.24) is 0 Å². The standard InChI is InChI=1S/C46H31NO/c1-4-12-32(13-5-1)34-20-22-36(23-21-34)38-30-42(46-44(31-38)48-43-29-26-37-16-10-11-19-41(37)45(43)46)47(39-17-8-3-9-18-39)40-27-24-35(25-28-40)33-14-6-2-7-15-33/h1-31H. The number of benzene rings is 8. The third kappa shape index (κ3) is 4.92. The van der Waals surface area contributed by atoms with Gasteiger partial charge in [-0.2, -0.15) is 0 Å². The number of hydrogen-bond donors (Lipinski definition) is 0. The third-order valence-corrected chi connectivity index (χ3v) is 9.26. The molecule has 0 aliphatic heterocycles. The van der Waals surface area contributed by atoms with Gasteiger partial charge in [0.2, 0.25) is 0 Å². The summed E-state index contributed by atoms with van der Waals surface area (Å²) in [5, 5.41) is 4.61. The van der Waals surface area contributed by atoms with Gasteiger partial charge in [-0.3, -0.25) is 0 Å². The fraction of sp³-hybridized carbons (Fsp3) is 0. The molecule has 1 aromatic heterocycles. The highest BCUT2D eigenvalue weighted by atomic mass is 16.3. The van der Waals surface area contributed by atoms with Gasteiger partial charge in [0.15, 0.2) is 0 Å². The molecule has 0 spiro atoms. The second kappa shape index (κ2) is 11.8. The molecule has 0 saturated heterocycles. The van der Waals surface area contributed by atoms with Crippen molar-refractivity contribution in [3.05, 3.63) is 188 Å². The molecule has 0 radical (unpaired) electrons. The number of anilines is 3. The average Bonchev–Trinajstić information content (AvgIpc) is 3.56. The van der Waals surface area contributed by atoms with E-state index >= 15 is 0 Å². The van der Waals surface area contributed by atoms with Crippen LogP contribution in [0.4, 0.5) is 17.1 Å². The molecule has 2 nitrogen and oxygen atoms in total. The third-order valence-electron chi connectivity index (χ3n) is 9.26. The van der Waals surface area contributed by atoms with Gasteiger partial charge in [0.25, 0.3) is 0 Å². The zero-order valence-electron chi connectivity index (χ0n) is 26.3. The van der Waals surface area contributed by atoms with E-state index in [0.29, 0.717) is 0 Å². The smallest absolute Gasteiger partial charge is 0.138 e. The molecule has 0 aliphatic carbocycles. The normalized spacial score (nSPS) is 11.3. The molecule has 9 aromatic rings. The number of para-hydroxylation sites is 1. The Kier molecular flexibility index (Phi) is 6.84. The van der Waals surface area contributed by atoms with Gasteiger partial charge < -0.3 is 9.32 Å². The quantitative estimate of drug-likeness (QED) is 0.185. The summed E-state index contributed by atoms with van der Waals surface area (Å²) in [7, 11) is 0. The lowest BCUT2D eigenvalue weighted by molar-refractivity contribution is 0.669. The lowest BCUT2D eigenvalue weighted by atomic mass is 9.96. The molecule has 0 saturated carbocycles. The van der Waals surface area contributed by atoms with Crippen molar-refractivity contribution in [2.24, 2.45) is 0 Å². The van der Waals surface area contributed by atoms with Crippen molar-refractivity contribution in [1.29, 1.82) is 0 Å². The van der Waals surface area contributed by atoms with Crippen LogP contribution in [0.3, 0.4) is 0 Å². The minimum Gasteiger partial charge on any atom is -0.456 e. The van der Waals surface area contributed by atoms with Crippen LogP contribution in [-0.4, -0.2) is 0 Å². The molecule has 9 rings (SSSR count). The van der Waals surface area contributed by atoms with Crippen LogP contribution in [0.5, 0.6) is 0 Å². The van der Waals surface area contributed by atoms with Crippen LogP contribution in [0.2, 0.25) is 0 Å². The molecule has 1 heterocycles. The molecule has 0 bridgehead atoms. The summed E-state index contributed by atoms with van der Waals surface area (Å²) in [5.41, 5.74) is 12.0. The molecule has 0 atom stereocenters. The van der Waals surface area contributed by atoms with Gasteiger partial charge in [-0.25, -0.2) is 0 Å². The molecular weight excluding hydrogens is 583 g/mol. The molecule has 226 valence electrons. The summed E-state index contributed by atoms with van der Waals surface area (Å²) in [4.78, 5) is 2.37. The summed E-state index contributed by atoms with van der Waals surface area (Å²) >= 11 is 0. The summed E-state index contributed by atoms with van der Waals surface area (Å²) < 4.78 is 6.73. The Hall–Kier alpha value is -6.38. The van der Waals surface area contributed by atoms with E-state index in [1.807, 2.05) is 0 Å². The fourth-order valence-corrected chi connectivity index (χ4v) is 6.91. The maximum Gasteiger partial charge on any atom is 0.138 e. The first-order valence-electron chi connectivity index (χ1n) is 16.3. The highest BCUT2D eigenvalue weighted by Crippen LogP contribution is 2.47. The van der Waals surface area contributed by atoms with E-state index in [2.05, 4.69) is 193 Å². The van der Waals surface area contributed by atoms with E-state index < -0.39 is 0 Å². The summed E-state index contributed by atoms with van der Waals surface area (Å²) in [6, 6.07) is 66.8. The van der Waals surface area contributed by atoms with E-state index in [0.717, 1.165) is 50.1 Å². The van der Waals surface area contributed by atoms with E-state index in [1.54, 1.807) is 0 Å². The largest absolute Gasteiger partial charge is 0.456 e. The Bertz CT molecular complexity index is 2520. The zero-order chi connectivity index (χ0) is 31.9. The van der Waals surface area contributed by atoms with Crippen molar-refractivity contribution in [3.63, 3.8) is 0 Å². The molecule has 8 aromatic carbocycles. The van der Waals surface area contributed by atoms with Crippen LogP contribution < -0.4 is 4.90 Å². The van der Waals surface area contributed by atoms with Crippen LogP contribution in [0.1, 0.15) is 0 Å². The van der Waals surface area contributed by atoms with Crippen molar-refractivity contribution >= 4 is 49.8 Å². The van der Waals surface area contributed by atoms with Crippen LogP contribution >= 0.6 is 0 Å². The van der Waals surface area contributed by atoms with Crippen molar-refractivity contribution in [2.75, 3.05) is 4.90 Å². The Morgan fingerprint density at radius 2 is 0.833 bits per heavy atom. The molecule has 0 N–H and O–H groups in total. The first-order chi connectivity index (χ1) is 23.8. The summed E-state index contributed by atoms with van der Waals surface area (Å²) in [5.74, 6) is 0. The zero-order valence-corrected chi connectivity index (χ0v) is 26.3. The minimum atomic E-state index is 0.864. The van der Waals surface area contributed by atoms with Gasteiger partial charge in [0, 0.05) is 16.8 Å². The predicted octanol–water partition coefficient (Wildman–Crippen LogP) is 13.2. The molecular formula is C46H31NO. The minimum absolute atomic E-state index is 0.864. The maximum atomic E-state index is 6.73. The average molecular weight is 614 g/mol. The van der Waals surface area contributed by atoms with E-state index in [4.69, 9.17) is 4.42 Å². The van der Waals surface area contributed by atoms with Crippen molar-refractivity contribution < 1.29 is 4.42 Å². The van der Waals surface area contributed by atoms with E-state index in [-0.39, 0.29) is 0 Å². The summed E-state index contributed by atoms with van der Waals surface area (Å²) in [6.45, 7) is 0. The van der Waals surface area contributed by atoms with Gasteiger partial charge >= 0.3 is 0 Å². The number of fused-ring (bicyclic) bond motifs is 5. The first-order valence-corrected chi connectivity index (χ1v) is 16.3. The Morgan fingerprint density at radius 1 is 0.333 bits per heavy atom.